The van der Waals surface area contributed by atoms with Crippen LogP contribution < -0.4 is 10.9 Å². The molecule has 1 aromatic heterocycles. The fourth-order valence-corrected chi connectivity index (χ4v) is 2.51. The molecule has 1 amide bonds. The molecule has 0 aliphatic carbocycles. The third kappa shape index (κ3) is 4.08. The van der Waals surface area contributed by atoms with Crippen molar-refractivity contribution in [2.45, 2.75) is 20.0 Å². The molecule has 0 aliphatic rings. The van der Waals surface area contributed by atoms with E-state index in [2.05, 4.69) is 21.2 Å². The zero-order valence-electron chi connectivity index (χ0n) is 14.5. The Morgan fingerprint density at radius 3 is 2.52 bits per heavy atom. The minimum atomic E-state index is -4.46. The summed E-state index contributed by atoms with van der Waals surface area (Å²) in [5.41, 5.74) is 6.44. The molecule has 0 saturated carbocycles. The van der Waals surface area contributed by atoms with E-state index in [1.165, 1.54) is 16.8 Å². The van der Waals surface area contributed by atoms with Gasteiger partial charge in [-0.3, -0.25) is 15.6 Å². The highest BCUT2D eigenvalue weighted by Crippen LogP contribution is 2.30. The molecule has 0 bridgehead atoms. The number of aromatic nitrogens is 3. The predicted octanol–water partition coefficient (Wildman–Crippen LogP) is 3.66. The van der Waals surface area contributed by atoms with Crippen molar-refractivity contribution in [2.75, 3.05) is 5.43 Å². The van der Waals surface area contributed by atoms with Crippen molar-refractivity contribution in [1.29, 1.82) is 0 Å². The lowest BCUT2D eigenvalue weighted by Gasteiger charge is -2.11. The van der Waals surface area contributed by atoms with Crippen LogP contribution in [0.4, 0.5) is 18.9 Å². The maximum atomic E-state index is 12.7. The summed E-state index contributed by atoms with van der Waals surface area (Å²) < 4.78 is 39.7. The molecule has 2 aromatic carbocycles. The van der Waals surface area contributed by atoms with Gasteiger partial charge in [-0.05, 0) is 49.7 Å². The number of rotatable bonds is 4. The van der Waals surface area contributed by atoms with Gasteiger partial charge in [-0.15, -0.1) is 5.10 Å². The van der Waals surface area contributed by atoms with Crippen LogP contribution in [0.5, 0.6) is 0 Å². The van der Waals surface area contributed by atoms with Crippen LogP contribution in [0.1, 0.15) is 27.3 Å². The lowest BCUT2D eigenvalue weighted by Crippen LogP contribution is -2.30. The van der Waals surface area contributed by atoms with Gasteiger partial charge in [0.1, 0.15) is 0 Å². The fraction of sp³-hybridized carbons (Fsp3) is 0.167. The topological polar surface area (TPSA) is 71.8 Å². The van der Waals surface area contributed by atoms with Crippen molar-refractivity contribution in [2.24, 2.45) is 0 Å². The van der Waals surface area contributed by atoms with E-state index in [1.54, 1.807) is 6.92 Å². The Labute approximate surface area is 153 Å². The normalized spacial score (nSPS) is 11.3. The average molecular weight is 375 g/mol. The summed E-state index contributed by atoms with van der Waals surface area (Å²) in [6.45, 7) is 3.61. The zero-order valence-corrected chi connectivity index (χ0v) is 14.5. The van der Waals surface area contributed by atoms with Gasteiger partial charge in [-0.1, -0.05) is 23.4 Å². The SMILES string of the molecule is Cc1cccc(-n2nnc(C(=O)NNc3cccc(C(F)(F)F)c3)c2C)c1. The number of carbonyl (C=O) groups is 1. The average Bonchev–Trinajstić information content (AvgIpc) is 3.01. The minimum absolute atomic E-state index is 0.0657. The Morgan fingerprint density at radius 1 is 1.07 bits per heavy atom. The van der Waals surface area contributed by atoms with Crippen LogP contribution >= 0.6 is 0 Å². The molecule has 0 fully saturated rings. The molecule has 6 nitrogen and oxygen atoms in total. The summed E-state index contributed by atoms with van der Waals surface area (Å²) >= 11 is 0. The van der Waals surface area contributed by atoms with Crippen LogP contribution in [-0.4, -0.2) is 20.9 Å². The number of halogens is 3. The minimum Gasteiger partial charge on any atom is -0.298 e. The number of carbonyl (C=O) groups excluding carboxylic acids is 1. The summed E-state index contributed by atoms with van der Waals surface area (Å²) in [4.78, 5) is 12.3. The summed E-state index contributed by atoms with van der Waals surface area (Å²) in [5, 5.41) is 7.85. The number of anilines is 1. The highest BCUT2D eigenvalue weighted by Gasteiger charge is 2.30. The number of hydrogen-bond donors (Lipinski definition) is 2. The summed E-state index contributed by atoms with van der Waals surface area (Å²) in [5.74, 6) is -0.608. The van der Waals surface area contributed by atoms with Gasteiger partial charge in [0.15, 0.2) is 5.69 Å². The summed E-state index contributed by atoms with van der Waals surface area (Å²) in [6, 6.07) is 12.0. The van der Waals surface area contributed by atoms with E-state index < -0.39 is 17.6 Å². The van der Waals surface area contributed by atoms with E-state index in [1.807, 2.05) is 31.2 Å². The number of amides is 1. The lowest BCUT2D eigenvalue weighted by atomic mass is 10.2. The predicted molar refractivity (Wildman–Crippen MR) is 93.4 cm³/mol. The second-order valence-electron chi connectivity index (χ2n) is 5.93. The van der Waals surface area contributed by atoms with Gasteiger partial charge in [-0.25, -0.2) is 4.68 Å². The second kappa shape index (κ2) is 7.10. The van der Waals surface area contributed by atoms with Crippen LogP contribution in [0.25, 0.3) is 5.69 Å². The molecule has 0 aliphatic heterocycles. The number of nitrogens with one attached hydrogen (secondary N) is 2. The first kappa shape index (κ1) is 18.4. The number of nitrogens with zero attached hydrogens (tertiary/aromatic N) is 3. The van der Waals surface area contributed by atoms with E-state index in [9.17, 15) is 18.0 Å². The largest absolute Gasteiger partial charge is 0.416 e. The van der Waals surface area contributed by atoms with Crippen LogP contribution in [0.15, 0.2) is 48.5 Å². The maximum Gasteiger partial charge on any atom is 0.416 e. The number of benzene rings is 2. The van der Waals surface area contributed by atoms with Crippen molar-refractivity contribution in [3.05, 3.63) is 71.0 Å². The molecule has 2 N–H and O–H groups in total. The van der Waals surface area contributed by atoms with Crippen molar-refractivity contribution >= 4 is 11.6 Å². The molecule has 3 aromatic rings. The number of hydrogen-bond acceptors (Lipinski definition) is 4. The Balaban J connectivity index is 1.74. The number of alkyl halides is 3. The van der Waals surface area contributed by atoms with E-state index in [-0.39, 0.29) is 11.4 Å². The molecular weight excluding hydrogens is 359 g/mol. The maximum absolute atomic E-state index is 12.7. The standard InChI is InChI=1S/C18H16F3N5O/c1-11-5-3-8-15(9-11)26-12(2)16(23-25-26)17(27)24-22-14-7-4-6-13(10-14)18(19,20)21/h3-10,22H,1-2H3,(H,24,27). The highest BCUT2D eigenvalue weighted by molar-refractivity contribution is 5.94. The van der Waals surface area contributed by atoms with E-state index in [0.717, 1.165) is 23.4 Å². The zero-order chi connectivity index (χ0) is 19.6. The van der Waals surface area contributed by atoms with Gasteiger partial charge in [0.05, 0.1) is 22.6 Å². The Hall–Kier alpha value is -3.36. The van der Waals surface area contributed by atoms with E-state index in [4.69, 9.17) is 0 Å². The number of hydrazine groups is 1. The Morgan fingerprint density at radius 2 is 1.81 bits per heavy atom. The summed E-state index contributed by atoms with van der Waals surface area (Å²) in [6.07, 6.45) is -4.46. The van der Waals surface area contributed by atoms with E-state index >= 15 is 0 Å². The first-order valence-electron chi connectivity index (χ1n) is 7.98. The van der Waals surface area contributed by atoms with Crippen LogP contribution in [0.2, 0.25) is 0 Å². The quantitative estimate of drug-likeness (QED) is 0.683. The molecule has 0 radical (unpaired) electrons. The molecule has 0 spiro atoms. The van der Waals surface area contributed by atoms with Crippen molar-refractivity contribution in [1.82, 2.24) is 20.4 Å². The fourth-order valence-electron chi connectivity index (χ4n) is 2.51. The van der Waals surface area contributed by atoms with Crippen molar-refractivity contribution in [3.63, 3.8) is 0 Å². The van der Waals surface area contributed by atoms with Gasteiger partial charge in [0.25, 0.3) is 5.91 Å². The van der Waals surface area contributed by atoms with Crippen molar-refractivity contribution in [3.8, 4) is 5.69 Å². The molecule has 140 valence electrons. The van der Waals surface area contributed by atoms with Gasteiger partial charge < -0.3 is 0 Å². The molecule has 27 heavy (non-hydrogen) atoms. The molecule has 0 saturated heterocycles. The van der Waals surface area contributed by atoms with Gasteiger partial charge in [-0.2, -0.15) is 13.2 Å². The highest BCUT2D eigenvalue weighted by atomic mass is 19.4. The van der Waals surface area contributed by atoms with Crippen LogP contribution in [-0.2, 0) is 6.18 Å². The molecular formula is C18H16F3N5O. The molecule has 0 unspecified atom stereocenters. The number of aryl methyl sites for hydroxylation is 1. The third-order valence-corrected chi connectivity index (χ3v) is 3.87. The van der Waals surface area contributed by atoms with Crippen LogP contribution in [0, 0.1) is 13.8 Å². The molecule has 1 heterocycles. The first-order chi connectivity index (χ1) is 12.8. The monoisotopic (exact) mass is 375 g/mol. The second-order valence-corrected chi connectivity index (χ2v) is 5.93. The third-order valence-electron chi connectivity index (χ3n) is 3.87. The van der Waals surface area contributed by atoms with Gasteiger partial charge in [0.2, 0.25) is 0 Å². The Bertz CT molecular complexity index is 981. The van der Waals surface area contributed by atoms with Gasteiger partial charge >= 0.3 is 6.18 Å². The first-order valence-corrected chi connectivity index (χ1v) is 7.98. The Kier molecular flexibility index (Phi) is 4.85. The molecule has 0 atom stereocenters. The van der Waals surface area contributed by atoms with Crippen molar-refractivity contribution < 1.29 is 18.0 Å². The molecule has 3 rings (SSSR count). The summed E-state index contributed by atoms with van der Waals surface area (Å²) in [7, 11) is 0. The van der Waals surface area contributed by atoms with Crippen LogP contribution in [0.3, 0.4) is 0 Å². The molecule has 9 heteroatoms. The smallest absolute Gasteiger partial charge is 0.298 e. The lowest BCUT2D eigenvalue weighted by molar-refractivity contribution is -0.137. The van der Waals surface area contributed by atoms with Gasteiger partial charge in [0, 0.05) is 0 Å². The van der Waals surface area contributed by atoms with E-state index in [0.29, 0.717) is 5.69 Å².